The Hall–Kier alpha value is -1.84. The van der Waals surface area contributed by atoms with Crippen LogP contribution in [0.4, 0.5) is 11.4 Å². The van der Waals surface area contributed by atoms with Crippen molar-refractivity contribution in [2.75, 3.05) is 16.8 Å². The summed E-state index contributed by atoms with van der Waals surface area (Å²) in [5.74, 6) is 1.04. The average Bonchev–Trinajstić information content (AvgIpc) is 2.62. The molecule has 0 radical (unpaired) electrons. The lowest BCUT2D eigenvalue weighted by molar-refractivity contribution is -0.119. The van der Waals surface area contributed by atoms with Crippen LogP contribution >= 0.6 is 0 Å². The lowest BCUT2D eigenvalue weighted by Gasteiger charge is -2.28. The molecule has 4 heteroatoms. The Labute approximate surface area is 151 Å². The van der Waals surface area contributed by atoms with Gasteiger partial charge >= 0.3 is 0 Å². The fourth-order valence-corrected chi connectivity index (χ4v) is 4.13. The number of amides is 2. The quantitative estimate of drug-likeness (QED) is 0.834. The largest absolute Gasteiger partial charge is 0.326 e. The second-order valence-corrected chi connectivity index (χ2v) is 7.59. The van der Waals surface area contributed by atoms with Gasteiger partial charge in [-0.15, -0.1) is 0 Å². The van der Waals surface area contributed by atoms with Crippen molar-refractivity contribution in [3.8, 4) is 0 Å². The summed E-state index contributed by atoms with van der Waals surface area (Å²) in [6.07, 6.45) is 10.9. The molecule has 4 nitrogen and oxygen atoms in total. The average molecular weight is 342 g/mol. The summed E-state index contributed by atoms with van der Waals surface area (Å²) in [4.78, 5) is 26.2. The van der Waals surface area contributed by atoms with E-state index in [1.165, 1.54) is 32.1 Å². The van der Waals surface area contributed by atoms with Crippen molar-refractivity contribution in [1.29, 1.82) is 0 Å². The molecule has 0 bridgehead atoms. The number of carbonyl (C=O) groups is 2. The smallest absolute Gasteiger partial charge is 0.226 e. The molecule has 3 rings (SSSR count). The highest BCUT2D eigenvalue weighted by atomic mass is 16.2. The summed E-state index contributed by atoms with van der Waals surface area (Å²) in [5.41, 5.74) is 2.85. The summed E-state index contributed by atoms with van der Waals surface area (Å²) >= 11 is 0. The van der Waals surface area contributed by atoms with E-state index in [-0.39, 0.29) is 11.8 Å². The minimum absolute atomic E-state index is 0.103. The molecule has 1 aromatic rings. The van der Waals surface area contributed by atoms with E-state index in [0.29, 0.717) is 12.8 Å². The molecule has 1 N–H and O–H groups in total. The van der Waals surface area contributed by atoms with Crippen molar-refractivity contribution in [3.63, 3.8) is 0 Å². The van der Waals surface area contributed by atoms with Crippen LogP contribution in [0.2, 0.25) is 0 Å². The number of aryl methyl sites for hydroxylation is 1. The van der Waals surface area contributed by atoms with Crippen LogP contribution in [0.1, 0.15) is 69.8 Å². The van der Waals surface area contributed by atoms with Crippen LogP contribution in [0.15, 0.2) is 18.2 Å². The predicted octanol–water partition coefficient (Wildman–Crippen LogP) is 4.81. The number of carbonyl (C=O) groups excluding carboxylic acids is 2. The standard InChI is InChI=1S/C21H30N2O2/c1-16-15-18(11-12-19(16)23-14-6-5-9-21(23)25)22-20(24)13-10-17-7-3-2-4-8-17/h11-12,15,17H,2-10,13-14H2,1H3,(H,22,24). The Bertz CT molecular complexity index is 620. The summed E-state index contributed by atoms with van der Waals surface area (Å²) in [7, 11) is 0. The van der Waals surface area contributed by atoms with Gasteiger partial charge in [-0.25, -0.2) is 0 Å². The highest BCUT2D eigenvalue weighted by Crippen LogP contribution is 2.29. The number of hydrogen-bond donors (Lipinski definition) is 1. The number of anilines is 2. The Morgan fingerprint density at radius 3 is 2.68 bits per heavy atom. The van der Waals surface area contributed by atoms with Gasteiger partial charge in [-0.2, -0.15) is 0 Å². The summed E-state index contributed by atoms with van der Waals surface area (Å²) in [6, 6.07) is 5.87. The summed E-state index contributed by atoms with van der Waals surface area (Å²) < 4.78 is 0. The third-order valence-corrected chi connectivity index (χ3v) is 5.60. The van der Waals surface area contributed by atoms with Crippen LogP contribution in [-0.2, 0) is 9.59 Å². The first kappa shape index (κ1) is 18.0. The zero-order chi connectivity index (χ0) is 17.6. The Morgan fingerprint density at radius 1 is 1.16 bits per heavy atom. The molecule has 1 saturated heterocycles. The number of rotatable bonds is 5. The van der Waals surface area contributed by atoms with E-state index in [1.54, 1.807) is 0 Å². The molecule has 0 spiro atoms. The molecule has 2 amide bonds. The Balaban J connectivity index is 1.55. The molecule has 2 aliphatic rings. The summed E-state index contributed by atoms with van der Waals surface area (Å²) in [6.45, 7) is 2.81. The number of benzene rings is 1. The fraction of sp³-hybridized carbons (Fsp3) is 0.619. The van der Waals surface area contributed by atoms with Gasteiger partial charge < -0.3 is 10.2 Å². The van der Waals surface area contributed by atoms with E-state index in [1.807, 2.05) is 30.0 Å². The molecular formula is C21H30N2O2. The lowest BCUT2D eigenvalue weighted by Crippen LogP contribution is -2.35. The van der Waals surface area contributed by atoms with Crippen molar-refractivity contribution in [3.05, 3.63) is 23.8 Å². The first-order valence-corrected chi connectivity index (χ1v) is 9.84. The zero-order valence-electron chi connectivity index (χ0n) is 15.4. The maximum atomic E-state index is 12.2. The molecule has 0 atom stereocenters. The highest BCUT2D eigenvalue weighted by molar-refractivity contribution is 5.96. The maximum absolute atomic E-state index is 12.2. The first-order chi connectivity index (χ1) is 12.1. The van der Waals surface area contributed by atoms with Crippen LogP contribution in [0, 0.1) is 12.8 Å². The number of piperidine rings is 1. The maximum Gasteiger partial charge on any atom is 0.226 e. The Morgan fingerprint density at radius 2 is 1.96 bits per heavy atom. The lowest BCUT2D eigenvalue weighted by atomic mass is 9.86. The van der Waals surface area contributed by atoms with Gasteiger partial charge in [0.2, 0.25) is 11.8 Å². The van der Waals surface area contributed by atoms with Gasteiger partial charge in [0, 0.05) is 30.8 Å². The Kier molecular flexibility index (Phi) is 6.11. The minimum atomic E-state index is 0.103. The van der Waals surface area contributed by atoms with E-state index >= 15 is 0 Å². The van der Waals surface area contributed by atoms with E-state index in [2.05, 4.69) is 5.32 Å². The number of hydrogen-bond acceptors (Lipinski definition) is 2. The predicted molar refractivity (Wildman–Crippen MR) is 102 cm³/mol. The normalized spacial score (nSPS) is 19.1. The van der Waals surface area contributed by atoms with E-state index < -0.39 is 0 Å². The van der Waals surface area contributed by atoms with E-state index in [9.17, 15) is 9.59 Å². The van der Waals surface area contributed by atoms with E-state index in [4.69, 9.17) is 0 Å². The van der Waals surface area contributed by atoms with Crippen LogP contribution < -0.4 is 10.2 Å². The number of nitrogens with one attached hydrogen (secondary N) is 1. The highest BCUT2D eigenvalue weighted by Gasteiger charge is 2.21. The monoisotopic (exact) mass is 342 g/mol. The molecule has 1 aliphatic heterocycles. The minimum Gasteiger partial charge on any atom is -0.326 e. The molecule has 25 heavy (non-hydrogen) atoms. The summed E-state index contributed by atoms with van der Waals surface area (Å²) in [5, 5.41) is 3.02. The van der Waals surface area contributed by atoms with Gasteiger partial charge in [0.1, 0.15) is 0 Å². The van der Waals surface area contributed by atoms with Crippen LogP contribution in [0.3, 0.4) is 0 Å². The molecular weight excluding hydrogens is 312 g/mol. The molecule has 0 aromatic heterocycles. The van der Waals surface area contributed by atoms with E-state index in [0.717, 1.165) is 48.7 Å². The molecule has 0 unspecified atom stereocenters. The molecule has 1 aliphatic carbocycles. The zero-order valence-corrected chi connectivity index (χ0v) is 15.4. The third-order valence-electron chi connectivity index (χ3n) is 5.60. The van der Waals surface area contributed by atoms with Crippen molar-refractivity contribution in [2.45, 2.75) is 71.1 Å². The van der Waals surface area contributed by atoms with Crippen molar-refractivity contribution in [2.24, 2.45) is 5.92 Å². The van der Waals surface area contributed by atoms with Crippen LogP contribution in [0.25, 0.3) is 0 Å². The van der Waals surface area contributed by atoms with Crippen LogP contribution in [0.5, 0.6) is 0 Å². The molecule has 1 aromatic carbocycles. The van der Waals surface area contributed by atoms with Gasteiger partial charge in [-0.3, -0.25) is 9.59 Å². The fourth-order valence-electron chi connectivity index (χ4n) is 4.13. The van der Waals surface area contributed by atoms with Gasteiger partial charge in [-0.1, -0.05) is 32.1 Å². The van der Waals surface area contributed by atoms with Crippen molar-refractivity contribution in [1.82, 2.24) is 0 Å². The molecule has 2 fully saturated rings. The van der Waals surface area contributed by atoms with Gasteiger partial charge in [-0.05, 0) is 55.9 Å². The second kappa shape index (κ2) is 8.50. The van der Waals surface area contributed by atoms with Crippen molar-refractivity contribution >= 4 is 23.2 Å². The molecule has 136 valence electrons. The molecule has 1 saturated carbocycles. The van der Waals surface area contributed by atoms with Gasteiger partial charge in [0.15, 0.2) is 0 Å². The van der Waals surface area contributed by atoms with Crippen LogP contribution in [-0.4, -0.2) is 18.4 Å². The van der Waals surface area contributed by atoms with Gasteiger partial charge in [0.05, 0.1) is 0 Å². The SMILES string of the molecule is Cc1cc(NC(=O)CCC2CCCCC2)ccc1N1CCCCC1=O. The first-order valence-electron chi connectivity index (χ1n) is 9.84. The third kappa shape index (κ3) is 4.83. The topological polar surface area (TPSA) is 49.4 Å². The number of nitrogens with zero attached hydrogens (tertiary/aromatic N) is 1. The molecule has 1 heterocycles. The second-order valence-electron chi connectivity index (χ2n) is 7.59. The van der Waals surface area contributed by atoms with Crippen molar-refractivity contribution < 1.29 is 9.59 Å². The van der Waals surface area contributed by atoms with Gasteiger partial charge in [0.25, 0.3) is 0 Å².